The van der Waals surface area contributed by atoms with Crippen molar-refractivity contribution in [2.75, 3.05) is 6.79 Å². The van der Waals surface area contributed by atoms with Crippen LogP contribution in [-0.4, -0.2) is 18.0 Å². The van der Waals surface area contributed by atoms with Gasteiger partial charge in [-0.3, -0.25) is 0 Å². The number of ether oxygens (including phenoxy) is 2. The molecular weight excluding hydrogens is 254 g/mol. The Hall–Kier alpha value is -0.970. The first kappa shape index (κ1) is 12.1. The highest BCUT2D eigenvalue weighted by atomic mass is 35.5. The highest BCUT2D eigenvalue weighted by Gasteiger charge is 2.32. The van der Waals surface area contributed by atoms with Gasteiger partial charge in [0, 0.05) is 11.1 Å². The molecule has 0 unspecified atom stereocenters. The van der Waals surface area contributed by atoms with Gasteiger partial charge in [-0.1, -0.05) is 18.0 Å². The Morgan fingerprint density at radius 3 is 2.56 bits per heavy atom. The van der Waals surface area contributed by atoms with Crippen LogP contribution < -0.4 is 15.2 Å². The Morgan fingerprint density at radius 2 is 1.94 bits per heavy atom. The van der Waals surface area contributed by atoms with E-state index < -0.39 is 12.1 Å². The minimum Gasteiger partial charge on any atom is -0.454 e. The summed E-state index contributed by atoms with van der Waals surface area (Å²) in [5.74, 6) is 1.57. The fraction of sp³-hybridized carbons (Fsp3) is 0.538. The van der Waals surface area contributed by atoms with Crippen molar-refractivity contribution in [2.45, 2.75) is 31.4 Å². The van der Waals surface area contributed by atoms with Crippen molar-refractivity contribution < 1.29 is 14.6 Å². The number of fused-ring (bicyclic) bond motifs is 1. The van der Waals surface area contributed by atoms with Crippen molar-refractivity contribution in [1.82, 2.24) is 0 Å². The van der Waals surface area contributed by atoms with Gasteiger partial charge in [0.2, 0.25) is 6.79 Å². The van der Waals surface area contributed by atoms with Crippen LogP contribution in [0.5, 0.6) is 11.5 Å². The lowest BCUT2D eigenvalue weighted by molar-refractivity contribution is 0.0413. The summed E-state index contributed by atoms with van der Waals surface area (Å²) in [6.45, 7) is 0.204. The van der Waals surface area contributed by atoms with Gasteiger partial charge in [-0.05, 0) is 30.4 Å². The second kappa shape index (κ2) is 4.61. The summed E-state index contributed by atoms with van der Waals surface area (Å²) in [7, 11) is 0. The third-order valence-electron chi connectivity index (χ3n) is 3.85. The molecule has 1 saturated carbocycles. The number of halogens is 1. The van der Waals surface area contributed by atoms with Crippen molar-refractivity contribution in [3.63, 3.8) is 0 Å². The third-order valence-corrected chi connectivity index (χ3v) is 4.18. The van der Waals surface area contributed by atoms with Crippen LogP contribution in [0.25, 0.3) is 0 Å². The Bertz CT molecular complexity index is 462. The quantitative estimate of drug-likeness (QED) is 0.883. The zero-order valence-electron chi connectivity index (χ0n) is 9.93. The average Bonchev–Trinajstić information content (AvgIpc) is 2.71. The van der Waals surface area contributed by atoms with E-state index in [0.29, 0.717) is 22.4 Å². The molecule has 0 amide bonds. The Balaban J connectivity index is 1.86. The van der Waals surface area contributed by atoms with Gasteiger partial charge in [0.05, 0.1) is 12.1 Å². The molecule has 1 fully saturated rings. The fourth-order valence-corrected chi connectivity index (χ4v) is 2.73. The molecule has 1 aromatic carbocycles. The van der Waals surface area contributed by atoms with Crippen molar-refractivity contribution in [3.8, 4) is 11.5 Å². The Morgan fingerprint density at radius 1 is 1.28 bits per heavy atom. The van der Waals surface area contributed by atoms with Crippen LogP contribution in [0.3, 0.4) is 0 Å². The van der Waals surface area contributed by atoms with Crippen LogP contribution in [0.2, 0.25) is 5.02 Å². The molecule has 5 heteroatoms. The van der Waals surface area contributed by atoms with E-state index in [-0.39, 0.29) is 6.79 Å². The van der Waals surface area contributed by atoms with Crippen molar-refractivity contribution in [3.05, 3.63) is 22.7 Å². The lowest BCUT2D eigenvalue weighted by Gasteiger charge is -2.34. The van der Waals surface area contributed by atoms with Gasteiger partial charge in [0.1, 0.15) is 0 Å². The number of benzene rings is 1. The van der Waals surface area contributed by atoms with E-state index in [4.69, 9.17) is 26.8 Å². The highest BCUT2D eigenvalue weighted by Crippen LogP contribution is 2.41. The first-order valence-corrected chi connectivity index (χ1v) is 6.57. The van der Waals surface area contributed by atoms with Crippen LogP contribution in [-0.2, 0) is 0 Å². The molecule has 0 spiro atoms. The van der Waals surface area contributed by atoms with E-state index in [2.05, 4.69) is 0 Å². The lowest BCUT2D eigenvalue weighted by atomic mass is 9.77. The van der Waals surface area contributed by atoms with E-state index in [1.807, 2.05) is 0 Å². The molecule has 4 nitrogen and oxygen atoms in total. The largest absolute Gasteiger partial charge is 0.454 e. The molecule has 18 heavy (non-hydrogen) atoms. The molecular formula is C13H16ClNO3. The van der Waals surface area contributed by atoms with Gasteiger partial charge in [-0.15, -0.1) is 0 Å². The van der Waals surface area contributed by atoms with Gasteiger partial charge >= 0.3 is 0 Å². The first-order valence-electron chi connectivity index (χ1n) is 6.19. The summed E-state index contributed by atoms with van der Waals surface area (Å²) in [6, 6.07) is 3.00. The van der Waals surface area contributed by atoms with Crippen LogP contribution in [0, 0.1) is 5.92 Å². The fourth-order valence-electron chi connectivity index (χ4n) is 2.45. The molecule has 0 saturated heterocycles. The van der Waals surface area contributed by atoms with Crippen molar-refractivity contribution in [2.24, 2.45) is 11.7 Å². The number of hydrogen-bond acceptors (Lipinski definition) is 4. The number of nitrogens with two attached hydrogens (primary N) is 1. The Kier molecular flexibility index (Phi) is 3.09. The summed E-state index contributed by atoms with van der Waals surface area (Å²) in [5.41, 5.74) is 6.84. The van der Waals surface area contributed by atoms with E-state index in [9.17, 15) is 5.11 Å². The SMILES string of the molecule is N[C@@H](c1cc2c(cc1Cl)OCO2)[C@H](O)C1CCC1. The number of aliphatic hydroxyl groups excluding tert-OH is 1. The highest BCUT2D eigenvalue weighted by molar-refractivity contribution is 6.31. The molecule has 1 heterocycles. The van der Waals surface area contributed by atoms with E-state index in [0.717, 1.165) is 18.4 Å². The molecule has 0 aromatic heterocycles. The standard InChI is InChI=1S/C13H16ClNO3/c14-9-5-11-10(17-6-18-11)4-8(9)12(15)13(16)7-2-1-3-7/h4-5,7,12-13,16H,1-3,6,15H2/t12-,13+/m0/s1. The monoisotopic (exact) mass is 269 g/mol. The molecule has 2 atom stereocenters. The molecule has 1 aliphatic carbocycles. The lowest BCUT2D eigenvalue weighted by Crippen LogP contribution is -2.36. The van der Waals surface area contributed by atoms with Gasteiger partial charge < -0.3 is 20.3 Å². The summed E-state index contributed by atoms with van der Waals surface area (Å²) >= 11 is 6.19. The summed E-state index contributed by atoms with van der Waals surface area (Å²) in [5, 5.41) is 10.7. The number of rotatable bonds is 3. The average molecular weight is 270 g/mol. The second-order valence-corrected chi connectivity index (χ2v) is 5.34. The van der Waals surface area contributed by atoms with Crippen molar-refractivity contribution >= 4 is 11.6 Å². The maximum absolute atomic E-state index is 10.2. The smallest absolute Gasteiger partial charge is 0.231 e. The summed E-state index contributed by atoms with van der Waals surface area (Å²) < 4.78 is 10.6. The van der Waals surface area contributed by atoms with E-state index >= 15 is 0 Å². The molecule has 1 aromatic rings. The maximum atomic E-state index is 10.2. The first-order chi connectivity index (χ1) is 8.66. The van der Waals surface area contributed by atoms with Crippen LogP contribution in [0.1, 0.15) is 30.9 Å². The second-order valence-electron chi connectivity index (χ2n) is 4.93. The maximum Gasteiger partial charge on any atom is 0.231 e. The molecule has 98 valence electrons. The van der Waals surface area contributed by atoms with E-state index in [1.165, 1.54) is 6.42 Å². The van der Waals surface area contributed by atoms with Gasteiger partial charge in [0.25, 0.3) is 0 Å². The number of hydrogen-bond donors (Lipinski definition) is 2. The predicted molar refractivity (Wildman–Crippen MR) is 67.9 cm³/mol. The van der Waals surface area contributed by atoms with Gasteiger partial charge in [-0.25, -0.2) is 0 Å². The topological polar surface area (TPSA) is 64.7 Å². The summed E-state index contributed by atoms with van der Waals surface area (Å²) in [6.07, 6.45) is 2.70. The van der Waals surface area contributed by atoms with E-state index in [1.54, 1.807) is 12.1 Å². The molecule has 3 N–H and O–H groups in total. The minimum atomic E-state index is -0.545. The third kappa shape index (κ3) is 1.94. The van der Waals surface area contributed by atoms with Crippen LogP contribution >= 0.6 is 11.6 Å². The molecule has 3 rings (SSSR count). The predicted octanol–water partition coefficient (Wildman–Crippen LogP) is 2.23. The number of aliphatic hydroxyl groups is 1. The van der Waals surface area contributed by atoms with Crippen molar-refractivity contribution in [1.29, 1.82) is 0 Å². The van der Waals surface area contributed by atoms with Crippen LogP contribution in [0.15, 0.2) is 12.1 Å². The van der Waals surface area contributed by atoms with Gasteiger partial charge in [-0.2, -0.15) is 0 Å². The zero-order chi connectivity index (χ0) is 12.7. The summed E-state index contributed by atoms with van der Waals surface area (Å²) in [4.78, 5) is 0. The molecule has 0 radical (unpaired) electrons. The normalized spacial score (nSPS) is 21.5. The zero-order valence-corrected chi connectivity index (χ0v) is 10.7. The Labute approximate surface area is 111 Å². The molecule has 0 bridgehead atoms. The molecule has 1 aliphatic heterocycles. The molecule has 2 aliphatic rings. The van der Waals surface area contributed by atoms with Gasteiger partial charge in [0.15, 0.2) is 11.5 Å². The minimum absolute atomic E-state index is 0.204. The van der Waals surface area contributed by atoms with Crippen LogP contribution in [0.4, 0.5) is 0 Å².